The Morgan fingerprint density at radius 2 is 1.97 bits per heavy atom. The number of ether oxygens (including phenoxy) is 1. The Balaban J connectivity index is 1.42. The Kier molecular flexibility index (Phi) is 5.57. The fraction of sp³-hybridized carbons (Fsp3) is 0.250. The quantitative estimate of drug-likeness (QED) is 0.503. The molecule has 6 heteroatoms. The number of hydrogen-bond donors (Lipinski definition) is 1. The number of benzene rings is 2. The molecule has 0 atom stereocenters. The molecule has 0 spiro atoms. The van der Waals surface area contributed by atoms with Crippen molar-refractivity contribution in [2.75, 3.05) is 7.11 Å². The van der Waals surface area contributed by atoms with Gasteiger partial charge < -0.3 is 14.5 Å². The second-order valence-electron chi connectivity index (χ2n) is 7.37. The first kappa shape index (κ1) is 19.8. The predicted octanol–water partition coefficient (Wildman–Crippen LogP) is 4.16. The van der Waals surface area contributed by atoms with E-state index in [0.29, 0.717) is 18.7 Å². The number of carbonyl (C=O) groups excluding carboxylic acids is 1. The first-order valence-electron chi connectivity index (χ1n) is 9.92. The number of aryl methyl sites for hydroxylation is 1. The SMILES string of the molecule is COc1ccc2c(CC(=O)NCc3c(C)nn(Cc4ccccc4)c3C)coc2c1. The number of nitrogens with one attached hydrogen (secondary N) is 1. The van der Waals surface area contributed by atoms with E-state index in [4.69, 9.17) is 9.15 Å². The van der Waals surface area contributed by atoms with Crippen LogP contribution in [-0.2, 0) is 24.3 Å². The third kappa shape index (κ3) is 4.08. The van der Waals surface area contributed by atoms with Crippen molar-refractivity contribution in [3.63, 3.8) is 0 Å². The molecule has 0 radical (unpaired) electrons. The van der Waals surface area contributed by atoms with Crippen molar-refractivity contribution >= 4 is 16.9 Å². The molecule has 0 bridgehead atoms. The van der Waals surface area contributed by atoms with Crippen molar-refractivity contribution < 1.29 is 13.9 Å². The Hall–Kier alpha value is -3.54. The van der Waals surface area contributed by atoms with Crippen molar-refractivity contribution in [2.24, 2.45) is 0 Å². The van der Waals surface area contributed by atoms with Gasteiger partial charge in [0, 0.05) is 34.8 Å². The molecule has 0 aliphatic heterocycles. The van der Waals surface area contributed by atoms with Crippen LogP contribution >= 0.6 is 0 Å². The van der Waals surface area contributed by atoms with Gasteiger partial charge in [-0.1, -0.05) is 30.3 Å². The number of methoxy groups -OCH3 is 1. The normalized spacial score (nSPS) is 11.0. The number of fused-ring (bicyclic) bond motifs is 1. The second kappa shape index (κ2) is 8.45. The van der Waals surface area contributed by atoms with Crippen molar-refractivity contribution in [3.05, 3.63) is 82.9 Å². The summed E-state index contributed by atoms with van der Waals surface area (Å²) >= 11 is 0. The number of hydrogen-bond acceptors (Lipinski definition) is 4. The molecule has 0 saturated heterocycles. The average molecular weight is 403 g/mol. The summed E-state index contributed by atoms with van der Waals surface area (Å²) in [6.45, 7) is 5.19. The van der Waals surface area contributed by atoms with Crippen LogP contribution in [0, 0.1) is 13.8 Å². The van der Waals surface area contributed by atoms with Gasteiger partial charge in [-0.3, -0.25) is 9.48 Å². The maximum absolute atomic E-state index is 12.6. The monoisotopic (exact) mass is 403 g/mol. The molecule has 30 heavy (non-hydrogen) atoms. The van der Waals surface area contributed by atoms with Gasteiger partial charge in [-0.15, -0.1) is 0 Å². The van der Waals surface area contributed by atoms with E-state index in [-0.39, 0.29) is 12.3 Å². The first-order chi connectivity index (χ1) is 14.5. The minimum Gasteiger partial charge on any atom is -0.497 e. The maximum Gasteiger partial charge on any atom is 0.224 e. The van der Waals surface area contributed by atoms with E-state index in [2.05, 4.69) is 22.5 Å². The third-order valence-electron chi connectivity index (χ3n) is 5.38. The molecule has 6 nitrogen and oxygen atoms in total. The fourth-order valence-corrected chi connectivity index (χ4v) is 3.65. The number of carbonyl (C=O) groups is 1. The minimum absolute atomic E-state index is 0.0527. The molecule has 0 unspecified atom stereocenters. The zero-order valence-electron chi connectivity index (χ0n) is 17.4. The lowest BCUT2D eigenvalue weighted by Gasteiger charge is -2.07. The molecule has 4 rings (SSSR count). The summed E-state index contributed by atoms with van der Waals surface area (Å²) in [6.07, 6.45) is 1.90. The highest BCUT2D eigenvalue weighted by atomic mass is 16.5. The summed E-state index contributed by atoms with van der Waals surface area (Å²) in [5.74, 6) is 0.675. The van der Waals surface area contributed by atoms with Gasteiger partial charge in [0.1, 0.15) is 11.3 Å². The average Bonchev–Trinajstić information content (AvgIpc) is 3.27. The van der Waals surface area contributed by atoms with Gasteiger partial charge >= 0.3 is 0 Å². The van der Waals surface area contributed by atoms with Gasteiger partial charge in [-0.05, 0) is 31.5 Å². The lowest BCUT2D eigenvalue weighted by Crippen LogP contribution is -2.25. The van der Waals surface area contributed by atoms with Gasteiger partial charge in [0.05, 0.1) is 32.0 Å². The Morgan fingerprint density at radius 1 is 1.17 bits per heavy atom. The molecule has 1 N–H and O–H groups in total. The summed E-state index contributed by atoms with van der Waals surface area (Å²) < 4.78 is 12.8. The topological polar surface area (TPSA) is 69.3 Å². The van der Waals surface area contributed by atoms with Crippen molar-refractivity contribution in [2.45, 2.75) is 33.4 Å². The standard InChI is InChI=1S/C24H25N3O3/c1-16-22(17(2)27(26-16)14-18-7-5-4-6-8-18)13-25-24(28)11-19-15-30-23-12-20(29-3)9-10-21(19)23/h4-10,12,15H,11,13-14H2,1-3H3,(H,25,28). The lowest BCUT2D eigenvalue weighted by molar-refractivity contribution is -0.120. The highest BCUT2D eigenvalue weighted by molar-refractivity contribution is 5.88. The second-order valence-corrected chi connectivity index (χ2v) is 7.37. The molecular formula is C24H25N3O3. The van der Waals surface area contributed by atoms with Gasteiger partial charge in [0.25, 0.3) is 0 Å². The smallest absolute Gasteiger partial charge is 0.224 e. The Bertz CT molecular complexity index is 1180. The summed E-state index contributed by atoms with van der Waals surface area (Å²) in [7, 11) is 1.62. The molecule has 0 aliphatic carbocycles. The zero-order chi connectivity index (χ0) is 21.1. The molecule has 4 aromatic rings. The van der Waals surface area contributed by atoms with Crippen LogP contribution in [-0.4, -0.2) is 22.8 Å². The molecule has 2 heterocycles. The van der Waals surface area contributed by atoms with Gasteiger partial charge in [0.15, 0.2) is 0 Å². The van der Waals surface area contributed by atoms with E-state index in [1.165, 1.54) is 5.56 Å². The van der Waals surface area contributed by atoms with Crippen molar-refractivity contribution in [1.82, 2.24) is 15.1 Å². The predicted molar refractivity (Wildman–Crippen MR) is 116 cm³/mol. The molecule has 1 amide bonds. The fourth-order valence-electron chi connectivity index (χ4n) is 3.65. The molecule has 2 aromatic heterocycles. The van der Waals surface area contributed by atoms with Gasteiger partial charge in [-0.25, -0.2) is 0 Å². The largest absolute Gasteiger partial charge is 0.497 e. The van der Waals surface area contributed by atoms with E-state index < -0.39 is 0 Å². The van der Waals surface area contributed by atoms with Crippen LogP contribution in [0.2, 0.25) is 0 Å². The number of aromatic nitrogens is 2. The molecule has 154 valence electrons. The van der Waals surface area contributed by atoms with E-state index in [1.807, 2.05) is 54.9 Å². The number of furan rings is 1. The Morgan fingerprint density at radius 3 is 2.73 bits per heavy atom. The number of nitrogens with zero attached hydrogens (tertiary/aromatic N) is 2. The lowest BCUT2D eigenvalue weighted by atomic mass is 10.1. The van der Waals surface area contributed by atoms with Crippen molar-refractivity contribution in [3.8, 4) is 5.75 Å². The van der Waals surface area contributed by atoms with Crippen LogP contribution in [0.3, 0.4) is 0 Å². The van der Waals surface area contributed by atoms with Crippen molar-refractivity contribution in [1.29, 1.82) is 0 Å². The minimum atomic E-state index is -0.0527. The zero-order valence-corrected chi connectivity index (χ0v) is 17.4. The Labute approximate surface area is 175 Å². The highest BCUT2D eigenvalue weighted by Crippen LogP contribution is 2.26. The highest BCUT2D eigenvalue weighted by Gasteiger charge is 2.15. The van der Waals surface area contributed by atoms with Crippen LogP contribution in [0.5, 0.6) is 5.75 Å². The molecule has 0 aliphatic rings. The van der Waals surface area contributed by atoms with Crippen LogP contribution in [0.25, 0.3) is 11.0 Å². The van der Waals surface area contributed by atoms with E-state index in [0.717, 1.165) is 33.7 Å². The summed E-state index contributed by atoms with van der Waals surface area (Å²) in [4.78, 5) is 12.6. The van der Waals surface area contributed by atoms with E-state index in [1.54, 1.807) is 13.4 Å². The van der Waals surface area contributed by atoms with Crippen LogP contribution in [0.4, 0.5) is 0 Å². The molecule has 0 fully saturated rings. The summed E-state index contributed by atoms with van der Waals surface area (Å²) in [6, 6.07) is 15.8. The summed E-state index contributed by atoms with van der Waals surface area (Å²) in [5, 5.41) is 8.60. The first-order valence-corrected chi connectivity index (χ1v) is 9.92. The molecular weight excluding hydrogens is 378 g/mol. The third-order valence-corrected chi connectivity index (χ3v) is 5.38. The number of amides is 1. The van der Waals surface area contributed by atoms with Gasteiger partial charge in [0.2, 0.25) is 5.91 Å². The number of rotatable bonds is 7. The van der Waals surface area contributed by atoms with E-state index >= 15 is 0 Å². The molecule has 2 aromatic carbocycles. The summed E-state index contributed by atoms with van der Waals surface area (Å²) in [5.41, 5.74) is 5.83. The van der Waals surface area contributed by atoms with Crippen LogP contribution in [0.1, 0.15) is 28.1 Å². The van der Waals surface area contributed by atoms with E-state index in [9.17, 15) is 4.79 Å². The van der Waals surface area contributed by atoms with Crippen LogP contribution in [0.15, 0.2) is 59.2 Å². The maximum atomic E-state index is 12.6. The van der Waals surface area contributed by atoms with Crippen LogP contribution < -0.4 is 10.1 Å². The van der Waals surface area contributed by atoms with Gasteiger partial charge in [-0.2, -0.15) is 5.10 Å². The molecule has 0 saturated carbocycles.